The molecular weight excluding hydrogens is 218 g/mol. The van der Waals surface area contributed by atoms with Crippen LogP contribution in [0.1, 0.15) is 44.6 Å². The van der Waals surface area contributed by atoms with Crippen molar-refractivity contribution in [3.05, 3.63) is 35.9 Å². The van der Waals surface area contributed by atoms with Crippen LogP contribution in [-0.2, 0) is 6.54 Å². The Kier molecular flexibility index (Phi) is 3.43. The van der Waals surface area contributed by atoms with Gasteiger partial charge in [0, 0.05) is 13.1 Å². The highest BCUT2D eigenvalue weighted by Gasteiger charge is 2.39. The molecule has 1 aliphatic carbocycles. The molecule has 1 heteroatoms. The fourth-order valence-electron chi connectivity index (χ4n) is 3.79. The van der Waals surface area contributed by atoms with Gasteiger partial charge in [0.15, 0.2) is 0 Å². The summed E-state index contributed by atoms with van der Waals surface area (Å²) in [5.74, 6) is 0.971. The van der Waals surface area contributed by atoms with Crippen LogP contribution in [0, 0.1) is 11.3 Å². The van der Waals surface area contributed by atoms with Gasteiger partial charge in [-0.3, -0.25) is 4.90 Å². The normalized spacial score (nSPS) is 33.1. The van der Waals surface area contributed by atoms with Crippen molar-refractivity contribution in [1.82, 2.24) is 4.90 Å². The van der Waals surface area contributed by atoms with Crippen LogP contribution < -0.4 is 0 Å². The Bertz CT molecular complexity index is 376. The highest BCUT2D eigenvalue weighted by atomic mass is 15.2. The molecule has 0 N–H and O–H groups in total. The van der Waals surface area contributed by atoms with Gasteiger partial charge in [0.05, 0.1) is 0 Å². The molecule has 0 amide bonds. The molecule has 3 rings (SSSR count). The van der Waals surface area contributed by atoms with E-state index >= 15 is 0 Å². The Morgan fingerprint density at radius 2 is 1.83 bits per heavy atom. The van der Waals surface area contributed by atoms with Crippen molar-refractivity contribution in [2.45, 2.75) is 45.6 Å². The molecule has 2 aliphatic rings. The van der Waals surface area contributed by atoms with Crippen LogP contribution in [0.5, 0.6) is 0 Å². The van der Waals surface area contributed by atoms with Gasteiger partial charge in [-0.1, -0.05) is 50.1 Å². The molecule has 0 unspecified atom stereocenters. The maximum absolute atomic E-state index is 2.67. The molecule has 1 aromatic carbocycles. The molecule has 1 saturated carbocycles. The van der Waals surface area contributed by atoms with Crippen molar-refractivity contribution < 1.29 is 0 Å². The molecule has 1 heterocycles. The summed E-state index contributed by atoms with van der Waals surface area (Å²) < 4.78 is 0. The third kappa shape index (κ3) is 2.61. The minimum atomic E-state index is 0.682. The minimum absolute atomic E-state index is 0.682. The first kappa shape index (κ1) is 12.2. The van der Waals surface area contributed by atoms with E-state index < -0.39 is 0 Å². The van der Waals surface area contributed by atoms with Crippen molar-refractivity contribution in [2.24, 2.45) is 11.3 Å². The summed E-state index contributed by atoms with van der Waals surface area (Å²) in [6.45, 7) is 6.22. The summed E-state index contributed by atoms with van der Waals surface area (Å²) in [6, 6.07) is 10.9. The molecule has 1 nitrogen and oxygen atoms in total. The van der Waals surface area contributed by atoms with Gasteiger partial charge < -0.3 is 0 Å². The number of benzene rings is 1. The van der Waals surface area contributed by atoms with Crippen LogP contribution in [0.4, 0.5) is 0 Å². The molecule has 1 aromatic rings. The molecule has 18 heavy (non-hydrogen) atoms. The topological polar surface area (TPSA) is 3.24 Å². The van der Waals surface area contributed by atoms with Crippen molar-refractivity contribution in [2.75, 3.05) is 13.1 Å². The summed E-state index contributed by atoms with van der Waals surface area (Å²) in [4.78, 5) is 2.67. The van der Waals surface area contributed by atoms with Gasteiger partial charge in [0.1, 0.15) is 0 Å². The molecule has 1 spiro atoms. The molecule has 98 valence electrons. The van der Waals surface area contributed by atoms with E-state index in [1.54, 1.807) is 0 Å². The predicted octanol–water partition coefficient (Wildman–Crippen LogP) is 4.09. The third-order valence-corrected chi connectivity index (χ3v) is 5.10. The maximum Gasteiger partial charge on any atom is 0.0233 e. The Morgan fingerprint density at radius 3 is 2.56 bits per heavy atom. The van der Waals surface area contributed by atoms with Crippen LogP contribution in [0.2, 0.25) is 0 Å². The number of hydrogen-bond donors (Lipinski definition) is 0. The lowest BCUT2D eigenvalue weighted by molar-refractivity contribution is 0.155. The van der Waals surface area contributed by atoms with Gasteiger partial charge >= 0.3 is 0 Å². The van der Waals surface area contributed by atoms with Gasteiger partial charge in [0.2, 0.25) is 0 Å². The van der Waals surface area contributed by atoms with E-state index in [1.165, 1.54) is 50.8 Å². The minimum Gasteiger partial charge on any atom is -0.299 e. The van der Waals surface area contributed by atoms with Gasteiger partial charge in [-0.2, -0.15) is 0 Å². The van der Waals surface area contributed by atoms with Gasteiger partial charge in [0.25, 0.3) is 0 Å². The summed E-state index contributed by atoms with van der Waals surface area (Å²) in [7, 11) is 0. The quantitative estimate of drug-likeness (QED) is 0.756. The van der Waals surface area contributed by atoms with Crippen molar-refractivity contribution in [3.63, 3.8) is 0 Å². The monoisotopic (exact) mass is 243 g/mol. The van der Waals surface area contributed by atoms with E-state index in [-0.39, 0.29) is 0 Å². The Labute approximate surface area is 111 Å². The highest BCUT2D eigenvalue weighted by molar-refractivity contribution is 5.14. The van der Waals surface area contributed by atoms with E-state index in [1.807, 2.05) is 0 Å². The lowest BCUT2D eigenvalue weighted by Crippen LogP contribution is -2.30. The summed E-state index contributed by atoms with van der Waals surface area (Å²) in [6.07, 6.45) is 7.30. The van der Waals surface area contributed by atoms with Crippen LogP contribution in [0.25, 0.3) is 0 Å². The fourth-order valence-corrected chi connectivity index (χ4v) is 3.79. The van der Waals surface area contributed by atoms with Gasteiger partial charge in [-0.25, -0.2) is 0 Å². The van der Waals surface area contributed by atoms with Gasteiger partial charge in [-0.05, 0) is 42.7 Å². The Morgan fingerprint density at radius 1 is 1.11 bits per heavy atom. The highest BCUT2D eigenvalue weighted by Crippen LogP contribution is 2.45. The Balaban J connectivity index is 1.58. The smallest absolute Gasteiger partial charge is 0.0233 e. The first-order valence-electron chi connectivity index (χ1n) is 7.52. The molecule has 2 fully saturated rings. The van der Waals surface area contributed by atoms with E-state index in [0.29, 0.717) is 5.41 Å². The number of hydrogen-bond acceptors (Lipinski definition) is 1. The second kappa shape index (κ2) is 5.05. The summed E-state index contributed by atoms with van der Waals surface area (Å²) >= 11 is 0. The summed E-state index contributed by atoms with van der Waals surface area (Å²) in [5.41, 5.74) is 2.15. The van der Waals surface area contributed by atoms with E-state index in [4.69, 9.17) is 0 Å². The van der Waals surface area contributed by atoms with E-state index in [9.17, 15) is 0 Å². The maximum atomic E-state index is 2.67. The van der Waals surface area contributed by atoms with Crippen molar-refractivity contribution >= 4 is 0 Å². The lowest BCUT2D eigenvalue weighted by atomic mass is 9.70. The molecule has 1 saturated heterocycles. The second-order valence-corrected chi connectivity index (χ2v) is 6.63. The first-order valence-corrected chi connectivity index (χ1v) is 7.52. The van der Waals surface area contributed by atoms with Crippen LogP contribution in [0.3, 0.4) is 0 Å². The van der Waals surface area contributed by atoms with Crippen LogP contribution in [-0.4, -0.2) is 18.0 Å². The average Bonchev–Trinajstić information content (AvgIpc) is 2.78. The fraction of sp³-hybridized carbons (Fsp3) is 0.647. The standard InChI is InChI=1S/C17H25N/c1-15-7-9-17(10-8-15)11-12-18(14-17)13-16-5-3-2-4-6-16/h2-6,15H,7-14H2,1H3. The SMILES string of the molecule is CC1CCC2(CC1)CCN(Cc1ccccc1)C2. The van der Waals surface area contributed by atoms with E-state index in [2.05, 4.69) is 42.2 Å². The van der Waals surface area contributed by atoms with Gasteiger partial charge in [-0.15, -0.1) is 0 Å². The second-order valence-electron chi connectivity index (χ2n) is 6.63. The molecule has 0 atom stereocenters. The van der Waals surface area contributed by atoms with Crippen LogP contribution >= 0.6 is 0 Å². The largest absolute Gasteiger partial charge is 0.299 e. The zero-order valence-electron chi connectivity index (χ0n) is 11.6. The average molecular weight is 243 g/mol. The summed E-state index contributed by atoms with van der Waals surface area (Å²) in [5, 5.41) is 0. The van der Waals surface area contributed by atoms with Crippen molar-refractivity contribution in [1.29, 1.82) is 0 Å². The number of rotatable bonds is 2. The lowest BCUT2D eigenvalue weighted by Gasteiger charge is -2.36. The zero-order chi connectivity index (χ0) is 12.4. The molecular formula is C17H25N. The first-order chi connectivity index (χ1) is 8.76. The van der Waals surface area contributed by atoms with Crippen molar-refractivity contribution in [3.8, 4) is 0 Å². The molecule has 0 aromatic heterocycles. The van der Waals surface area contributed by atoms with Crippen LogP contribution in [0.15, 0.2) is 30.3 Å². The number of likely N-dealkylation sites (tertiary alicyclic amines) is 1. The Hall–Kier alpha value is -0.820. The number of nitrogens with zero attached hydrogens (tertiary/aromatic N) is 1. The third-order valence-electron chi connectivity index (χ3n) is 5.10. The molecule has 1 aliphatic heterocycles. The molecule has 0 bridgehead atoms. The molecule has 0 radical (unpaired) electrons. The van der Waals surface area contributed by atoms with E-state index in [0.717, 1.165) is 12.5 Å². The predicted molar refractivity (Wildman–Crippen MR) is 76.4 cm³/mol. The zero-order valence-corrected chi connectivity index (χ0v) is 11.6.